The Morgan fingerprint density at radius 2 is 1.94 bits per heavy atom. The number of carbonyl (C=O) groups is 2. The lowest BCUT2D eigenvalue weighted by Gasteiger charge is -2.43. The monoisotopic (exact) mass is 477 g/mol. The van der Waals surface area contributed by atoms with Crippen LogP contribution in [-0.4, -0.2) is 45.7 Å². The van der Waals surface area contributed by atoms with Gasteiger partial charge in [-0.05, 0) is 61.1 Å². The lowest BCUT2D eigenvalue weighted by atomic mass is 9.84. The maximum atomic E-state index is 13.7. The van der Waals surface area contributed by atoms with Gasteiger partial charge in [0.2, 0.25) is 5.91 Å². The van der Waals surface area contributed by atoms with Gasteiger partial charge in [-0.3, -0.25) is 14.6 Å². The van der Waals surface area contributed by atoms with Crippen LogP contribution in [-0.2, 0) is 23.9 Å². The molecule has 0 aliphatic carbocycles. The number of aromatic nitrogens is 1. The van der Waals surface area contributed by atoms with Gasteiger partial charge in [0.15, 0.2) is 0 Å². The smallest absolute Gasteiger partial charge is 0.338 e. The Labute approximate surface area is 195 Å². The van der Waals surface area contributed by atoms with Gasteiger partial charge < -0.3 is 9.80 Å². The van der Waals surface area contributed by atoms with Crippen LogP contribution < -0.4 is 0 Å². The van der Waals surface area contributed by atoms with Crippen molar-refractivity contribution in [3.63, 3.8) is 0 Å². The van der Waals surface area contributed by atoms with E-state index in [1.54, 1.807) is 11.0 Å². The Balaban J connectivity index is 1.59. The summed E-state index contributed by atoms with van der Waals surface area (Å²) in [5, 5.41) is 0. The lowest BCUT2D eigenvalue weighted by molar-refractivity contribution is -0.141. The predicted molar refractivity (Wildman–Crippen MR) is 117 cm³/mol. The lowest BCUT2D eigenvalue weighted by Crippen LogP contribution is -2.54. The molecule has 1 saturated heterocycles. The Morgan fingerprint density at radius 3 is 2.68 bits per heavy atom. The second-order valence-corrected chi connectivity index (χ2v) is 8.92. The topological polar surface area (TPSA) is 53.5 Å². The molecular formula is C25H27F4N3O2. The Hall–Kier alpha value is -2.97. The summed E-state index contributed by atoms with van der Waals surface area (Å²) in [5.74, 6) is -1.81. The number of likely N-dealkylation sites (tertiary alicyclic amines) is 1. The maximum Gasteiger partial charge on any atom is 0.418 e. The van der Waals surface area contributed by atoms with Crippen molar-refractivity contribution in [1.29, 1.82) is 0 Å². The highest BCUT2D eigenvalue weighted by Gasteiger charge is 2.43. The van der Waals surface area contributed by atoms with Crippen molar-refractivity contribution in [1.82, 2.24) is 14.8 Å². The van der Waals surface area contributed by atoms with E-state index in [1.807, 2.05) is 6.92 Å². The largest absolute Gasteiger partial charge is 0.418 e. The van der Waals surface area contributed by atoms with Crippen LogP contribution >= 0.6 is 0 Å². The number of alkyl halides is 3. The molecule has 0 spiro atoms. The minimum absolute atomic E-state index is 0.136. The summed E-state index contributed by atoms with van der Waals surface area (Å²) in [5.41, 5.74) is 0.0643. The third-order valence-corrected chi connectivity index (χ3v) is 6.75. The van der Waals surface area contributed by atoms with Crippen molar-refractivity contribution >= 4 is 11.8 Å². The highest BCUT2D eigenvalue weighted by Crippen LogP contribution is 2.35. The molecule has 182 valence electrons. The zero-order valence-corrected chi connectivity index (χ0v) is 18.9. The van der Waals surface area contributed by atoms with Gasteiger partial charge in [0.1, 0.15) is 11.5 Å². The molecule has 9 heteroatoms. The van der Waals surface area contributed by atoms with E-state index >= 15 is 0 Å². The minimum atomic E-state index is -4.71. The van der Waals surface area contributed by atoms with E-state index in [9.17, 15) is 27.2 Å². The molecule has 0 bridgehead atoms. The van der Waals surface area contributed by atoms with Gasteiger partial charge in [-0.15, -0.1) is 0 Å². The van der Waals surface area contributed by atoms with Crippen molar-refractivity contribution in [3.05, 3.63) is 64.7 Å². The minimum Gasteiger partial charge on any atom is -0.338 e. The van der Waals surface area contributed by atoms with Crippen LogP contribution in [0.1, 0.15) is 59.8 Å². The fraction of sp³-hybridized carbons (Fsp3) is 0.480. The van der Waals surface area contributed by atoms with Crippen LogP contribution in [0.25, 0.3) is 0 Å². The highest BCUT2D eigenvalue weighted by atomic mass is 19.4. The molecule has 0 unspecified atom stereocenters. The molecule has 0 N–H and O–H groups in total. The van der Waals surface area contributed by atoms with Gasteiger partial charge in [-0.1, -0.05) is 19.4 Å². The molecule has 5 nitrogen and oxygen atoms in total. The van der Waals surface area contributed by atoms with Gasteiger partial charge in [-0.25, -0.2) is 4.39 Å². The van der Waals surface area contributed by atoms with Crippen molar-refractivity contribution in [2.75, 3.05) is 13.1 Å². The van der Waals surface area contributed by atoms with E-state index in [-0.39, 0.29) is 24.8 Å². The summed E-state index contributed by atoms with van der Waals surface area (Å²) in [7, 11) is 0. The molecule has 1 aromatic heterocycles. The average molecular weight is 478 g/mol. The van der Waals surface area contributed by atoms with E-state index in [2.05, 4.69) is 4.98 Å². The van der Waals surface area contributed by atoms with Gasteiger partial charge in [0, 0.05) is 31.9 Å². The molecule has 1 fully saturated rings. The second kappa shape index (κ2) is 9.72. The Morgan fingerprint density at radius 1 is 1.15 bits per heavy atom. The average Bonchev–Trinajstić information content (AvgIpc) is 2.82. The maximum absolute atomic E-state index is 13.7. The van der Waals surface area contributed by atoms with Crippen molar-refractivity contribution < 1.29 is 27.2 Å². The third kappa shape index (κ3) is 4.79. The second-order valence-electron chi connectivity index (χ2n) is 8.92. The Kier molecular flexibility index (Phi) is 6.91. The van der Waals surface area contributed by atoms with E-state index in [0.717, 1.165) is 23.3 Å². The van der Waals surface area contributed by atoms with E-state index in [1.165, 1.54) is 23.2 Å². The third-order valence-electron chi connectivity index (χ3n) is 6.75. The molecule has 4 rings (SSSR count). The molecule has 34 heavy (non-hydrogen) atoms. The number of nitrogens with zero attached hydrogens (tertiary/aromatic N) is 3. The fourth-order valence-corrected chi connectivity index (χ4v) is 5.14. The SMILES string of the molecule is CCC[C@@H]1[C@H](C(=O)N2CCc3ccc(F)cc3C2)CCCN1C(=O)c1ncccc1C(F)(F)F. The van der Waals surface area contributed by atoms with E-state index in [4.69, 9.17) is 0 Å². The number of fused-ring (bicyclic) bond motifs is 1. The van der Waals surface area contributed by atoms with Crippen LogP contribution in [0.5, 0.6) is 0 Å². The first-order valence-corrected chi connectivity index (χ1v) is 11.6. The quantitative estimate of drug-likeness (QED) is 0.592. The summed E-state index contributed by atoms with van der Waals surface area (Å²) in [6, 6.07) is 6.07. The molecule has 0 saturated carbocycles. The first-order valence-electron chi connectivity index (χ1n) is 11.6. The van der Waals surface area contributed by atoms with Gasteiger partial charge in [0.05, 0.1) is 11.5 Å². The molecule has 2 amide bonds. The molecule has 2 aliphatic rings. The van der Waals surface area contributed by atoms with Gasteiger partial charge in [0.25, 0.3) is 5.91 Å². The number of pyridine rings is 1. The van der Waals surface area contributed by atoms with Crippen LogP contribution in [0.2, 0.25) is 0 Å². The predicted octanol–water partition coefficient (Wildman–Crippen LogP) is 4.85. The molecule has 1 aromatic carbocycles. The van der Waals surface area contributed by atoms with E-state index in [0.29, 0.717) is 38.6 Å². The first kappa shape index (κ1) is 24.2. The van der Waals surface area contributed by atoms with Crippen LogP contribution in [0.15, 0.2) is 36.5 Å². The fourth-order valence-electron chi connectivity index (χ4n) is 5.14. The molecule has 2 aliphatic heterocycles. The molecule has 3 heterocycles. The number of benzene rings is 1. The standard InChI is InChI=1S/C25H27F4N3O2/c1-2-5-21-19(23(33)31-13-10-16-8-9-18(26)14-17(16)15-31)6-4-12-32(21)24(34)22-20(25(27,28)29)7-3-11-30-22/h3,7-9,11,14,19,21H,2,4-6,10,12-13,15H2,1H3/t19-,21-/m1/s1. The number of carbonyl (C=O) groups excluding carboxylic acids is 2. The summed E-state index contributed by atoms with van der Waals surface area (Å²) in [6.45, 7) is 2.96. The Bertz CT molecular complexity index is 1070. The van der Waals surface area contributed by atoms with Crippen molar-refractivity contribution in [2.24, 2.45) is 5.92 Å². The zero-order valence-electron chi connectivity index (χ0n) is 18.9. The normalized spacial score (nSPS) is 20.7. The summed E-state index contributed by atoms with van der Waals surface area (Å²) in [6.07, 6.45) is -0.701. The van der Waals surface area contributed by atoms with Crippen LogP contribution in [0.3, 0.4) is 0 Å². The summed E-state index contributed by atoms with van der Waals surface area (Å²) >= 11 is 0. The molecule has 2 aromatic rings. The molecule has 0 radical (unpaired) electrons. The van der Waals surface area contributed by atoms with Crippen molar-refractivity contribution in [2.45, 2.75) is 57.8 Å². The van der Waals surface area contributed by atoms with Crippen LogP contribution in [0.4, 0.5) is 17.6 Å². The first-order chi connectivity index (χ1) is 16.2. The molecular weight excluding hydrogens is 450 g/mol. The number of amides is 2. The summed E-state index contributed by atoms with van der Waals surface area (Å²) < 4.78 is 54.3. The number of hydrogen-bond donors (Lipinski definition) is 0. The van der Waals surface area contributed by atoms with Gasteiger partial charge in [-0.2, -0.15) is 13.2 Å². The number of rotatable bonds is 4. The molecule has 2 atom stereocenters. The van der Waals surface area contributed by atoms with Crippen LogP contribution in [0, 0.1) is 11.7 Å². The highest BCUT2D eigenvalue weighted by molar-refractivity contribution is 5.95. The number of hydrogen-bond acceptors (Lipinski definition) is 3. The summed E-state index contributed by atoms with van der Waals surface area (Å²) in [4.78, 5) is 33.7. The number of halogens is 4. The van der Waals surface area contributed by atoms with Gasteiger partial charge >= 0.3 is 6.18 Å². The van der Waals surface area contributed by atoms with Crippen molar-refractivity contribution in [3.8, 4) is 0 Å². The zero-order chi connectivity index (χ0) is 24.5. The van der Waals surface area contributed by atoms with E-state index < -0.39 is 35.3 Å². The number of piperidine rings is 1.